The van der Waals surface area contributed by atoms with Gasteiger partial charge in [0.15, 0.2) is 0 Å². The van der Waals surface area contributed by atoms with Gasteiger partial charge in [-0.05, 0) is 55.8 Å². The first-order chi connectivity index (χ1) is 9.81. The van der Waals surface area contributed by atoms with Crippen molar-refractivity contribution in [3.8, 4) is 5.75 Å². The minimum absolute atomic E-state index is 0.734. The van der Waals surface area contributed by atoms with E-state index in [4.69, 9.17) is 4.74 Å². The summed E-state index contributed by atoms with van der Waals surface area (Å²) in [4.78, 5) is 0. The highest BCUT2D eigenvalue weighted by Crippen LogP contribution is 2.30. The lowest BCUT2D eigenvalue weighted by molar-refractivity contribution is 0.262. The number of hydrogen-bond donors (Lipinski definition) is 1. The Hall–Kier alpha value is -1.02. The molecule has 0 radical (unpaired) electrons. The summed E-state index contributed by atoms with van der Waals surface area (Å²) in [7, 11) is 0. The molecule has 0 unspecified atom stereocenters. The average Bonchev–Trinajstić information content (AvgIpc) is 2.50. The van der Waals surface area contributed by atoms with Gasteiger partial charge < -0.3 is 10.1 Å². The molecule has 20 heavy (non-hydrogen) atoms. The van der Waals surface area contributed by atoms with Gasteiger partial charge in [-0.2, -0.15) is 0 Å². The van der Waals surface area contributed by atoms with Crippen LogP contribution in [0.1, 0.15) is 51.5 Å². The maximum atomic E-state index is 5.46. The third-order valence-corrected chi connectivity index (χ3v) is 4.54. The van der Waals surface area contributed by atoms with Crippen LogP contribution in [0.2, 0.25) is 0 Å². The molecule has 0 aromatic heterocycles. The molecule has 0 amide bonds. The van der Waals surface area contributed by atoms with E-state index in [0.717, 1.165) is 30.7 Å². The molecular weight excluding hydrogens is 246 g/mol. The predicted molar refractivity (Wildman–Crippen MR) is 85.1 cm³/mol. The Morgan fingerprint density at radius 1 is 1.00 bits per heavy atom. The van der Waals surface area contributed by atoms with E-state index in [1.807, 2.05) is 6.92 Å². The van der Waals surface area contributed by atoms with Crippen molar-refractivity contribution in [2.45, 2.75) is 52.5 Å². The van der Waals surface area contributed by atoms with Gasteiger partial charge in [0.2, 0.25) is 0 Å². The molecule has 1 aliphatic rings. The molecule has 1 fully saturated rings. The highest BCUT2D eigenvalue weighted by atomic mass is 16.5. The first-order valence-electron chi connectivity index (χ1n) is 8.24. The molecule has 2 rings (SSSR count). The Labute approximate surface area is 123 Å². The number of nitrogens with one attached hydrogen (secondary N) is 1. The van der Waals surface area contributed by atoms with Crippen LogP contribution in [0.3, 0.4) is 0 Å². The smallest absolute Gasteiger partial charge is 0.119 e. The maximum absolute atomic E-state index is 5.46. The maximum Gasteiger partial charge on any atom is 0.119 e. The van der Waals surface area contributed by atoms with E-state index in [1.165, 1.54) is 44.2 Å². The third kappa shape index (κ3) is 4.82. The van der Waals surface area contributed by atoms with Crippen molar-refractivity contribution in [1.82, 2.24) is 5.32 Å². The van der Waals surface area contributed by atoms with Crippen LogP contribution in [0.15, 0.2) is 24.3 Å². The van der Waals surface area contributed by atoms with Crippen LogP contribution in [0.5, 0.6) is 5.75 Å². The largest absolute Gasteiger partial charge is 0.494 e. The molecule has 1 saturated carbocycles. The zero-order valence-corrected chi connectivity index (χ0v) is 13.0. The second-order valence-electron chi connectivity index (χ2n) is 6.00. The van der Waals surface area contributed by atoms with Gasteiger partial charge in [0, 0.05) is 6.54 Å². The van der Waals surface area contributed by atoms with Crippen LogP contribution in [0, 0.1) is 11.8 Å². The molecule has 112 valence electrons. The zero-order chi connectivity index (χ0) is 14.2. The fraction of sp³-hybridized carbons (Fsp3) is 0.667. The fourth-order valence-corrected chi connectivity index (χ4v) is 3.13. The van der Waals surface area contributed by atoms with Crippen LogP contribution >= 0.6 is 0 Å². The minimum atomic E-state index is 0.734. The van der Waals surface area contributed by atoms with Crippen LogP contribution in [0.4, 0.5) is 0 Å². The molecule has 0 bridgehead atoms. The summed E-state index contributed by atoms with van der Waals surface area (Å²) >= 11 is 0. The van der Waals surface area contributed by atoms with Crippen molar-refractivity contribution in [2.75, 3.05) is 13.2 Å². The molecule has 2 heteroatoms. The van der Waals surface area contributed by atoms with E-state index in [9.17, 15) is 0 Å². The highest BCUT2D eigenvalue weighted by molar-refractivity contribution is 5.27. The summed E-state index contributed by atoms with van der Waals surface area (Å²) in [6.45, 7) is 7.22. The van der Waals surface area contributed by atoms with Crippen LogP contribution < -0.4 is 10.1 Å². The zero-order valence-electron chi connectivity index (χ0n) is 13.0. The molecule has 0 aliphatic heterocycles. The van der Waals surface area contributed by atoms with Gasteiger partial charge in [-0.25, -0.2) is 0 Å². The normalized spacial score (nSPS) is 22.7. The lowest BCUT2D eigenvalue weighted by Crippen LogP contribution is -2.26. The number of benzene rings is 1. The standard InChI is InChI=1S/C18H29NO/c1-3-15-5-7-16(8-6-15)13-19-14-17-9-11-18(12-10-17)20-4-2/h9-12,15-16,19H,3-8,13-14H2,1-2H3. The molecule has 0 heterocycles. The van der Waals surface area contributed by atoms with E-state index in [-0.39, 0.29) is 0 Å². The van der Waals surface area contributed by atoms with Crippen molar-refractivity contribution in [2.24, 2.45) is 11.8 Å². The van der Waals surface area contributed by atoms with Gasteiger partial charge in [0.05, 0.1) is 6.61 Å². The monoisotopic (exact) mass is 275 g/mol. The van der Waals surface area contributed by atoms with Gasteiger partial charge >= 0.3 is 0 Å². The Balaban J connectivity index is 1.65. The van der Waals surface area contributed by atoms with Crippen LogP contribution in [-0.4, -0.2) is 13.2 Å². The minimum Gasteiger partial charge on any atom is -0.494 e. The highest BCUT2D eigenvalue weighted by Gasteiger charge is 2.19. The molecule has 1 aliphatic carbocycles. The second kappa shape index (κ2) is 8.31. The predicted octanol–water partition coefficient (Wildman–Crippen LogP) is 4.39. The summed E-state index contributed by atoms with van der Waals surface area (Å²) in [6.07, 6.45) is 7.06. The molecule has 0 spiro atoms. The fourth-order valence-electron chi connectivity index (χ4n) is 3.13. The van der Waals surface area contributed by atoms with Crippen LogP contribution in [0.25, 0.3) is 0 Å². The number of rotatable bonds is 7. The third-order valence-electron chi connectivity index (χ3n) is 4.54. The van der Waals surface area contributed by atoms with Crippen molar-refractivity contribution < 1.29 is 4.74 Å². The Morgan fingerprint density at radius 2 is 1.65 bits per heavy atom. The Bertz CT molecular complexity index is 366. The second-order valence-corrected chi connectivity index (χ2v) is 6.00. The number of ether oxygens (including phenoxy) is 1. The first kappa shape index (κ1) is 15.4. The van der Waals surface area contributed by atoms with Crippen LogP contribution in [-0.2, 0) is 6.54 Å². The van der Waals surface area contributed by atoms with E-state index >= 15 is 0 Å². The average molecular weight is 275 g/mol. The molecule has 1 aromatic carbocycles. The van der Waals surface area contributed by atoms with E-state index in [1.54, 1.807) is 0 Å². The molecule has 1 aromatic rings. The molecule has 0 atom stereocenters. The summed E-state index contributed by atoms with van der Waals surface area (Å²) in [5.41, 5.74) is 1.34. The summed E-state index contributed by atoms with van der Waals surface area (Å²) < 4.78 is 5.46. The molecule has 1 N–H and O–H groups in total. The van der Waals surface area contributed by atoms with Crippen molar-refractivity contribution in [3.05, 3.63) is 29.8 Å². The topological polar surface area (TPSA) is 21.3 Å². The number of hydrogen-bond acceptors (Lipinski definition) is 2. The van der Waals surface area contributed by atoms with E-state index in [0.29, 0.717) is 0 Å². The van der Waals surface area contributed by atoms with Crippen molar-refractivity contribution in [3.63, 3.8) is 0 Å². The summed E-state index contributed by atoms with van der Waals surface area (Å²) in [5.74, 6) is 2.85. The van der Waals surface area contributed by atoms with Gasteiger partial charge in [0.25, 0.3) is 0 Å². The molecular formula is C18H29NO. The molecule has 0 saturated heterocycles. The first-order valence-corrected chi connectivity index (χ1v) is 8.24. The van der Waals surface area contributed by atoms with Gasteiger partial charge in [-0.3, -0.25) is 0 Å². The lowest BCUT2D eigenvalue weighted by Gasteiger charge is -2.27. The Morgan fingerprint density at radius 3 is 2.25 bits per heavy atom. The quantitative estimate of drug-likeness (QED) is 0.797. The SMILES string of the molecule is CCOc1ccc(CNCC2CCC(CC)CC2)cc1. The van der Waals surface area contributed by atoms with E-state index < -0.39 is 0 Å². The molecule has 2 nitrogen and oxygen atoms in total. The van der Waals surface area contributed by atoms with Gasteiger partial charge in [-0.1, -0.05) is 38.3 Å². The van der Waals surface area contributed by atoms with Crippen molar-refractivity contribution >= 4 is 0 Å². The van der Waals surface area contributed by atoms with Gasteiger partial charge in [0.1, 0.15) is 5.75 Å². The van der Waals surface area contributed by atoms with E-state index in [2.05, 4.69) is 36.5 Å². The summed E-state index contributed by atoms with van der Waals surface area (Å²) in [5, 5.41) is 3.61. The van der Waals surface area contributed by atoms with Crippen molar-refractivity contribution in [1.29, 1.82) is 0 Å². The summed E-state index contributed by atoms with van der Waals surface area (Å²) in [6, 6.07) is 8.44. The lowest BCUT2D eigenvalue weighted by atomic mass is 9.81. The van der Waals surface area contributed by atoms with Gasteiger partial charge in [-0.15, -0.1) is 0 Å². The Kier molecular flexibility index (Phi) is 6.38.